The standard InChI is InChI=1S/C25H26N4O4/c1-18-7-12-22(23(17-18)29(32)33)26-25(31)24(19-5-3-2-4-6-19)28-15-13-27(14-16-28)20-8-10-21(30)11-9-20/h2-12,17,24,30H,13-16H2,1H3,(H,26,31). The number of carbonyl (C=O) groups is 1. The summed E-state index contributed by atoms with van der Waals surface area (Å²) in [5, 5.41) is 23.8. The van der Waals surface area contributed by atoms with Crippen LogP contribution in [0.2, 0.25) is 0 Å². The van der Waals surface area contributed by atoms with Gasteiger partial charge in [0.05, 0.1) is 4.92 Å². The predicted octanol–water partition coefficient (Wildman–Crippen LogP) is 4.11. The van der Waals surface area contributed by atoms with Gasteiger partial charge in [0, 0.05) is 37.9 Å². The van der Waals surface area contributed by atoms with E-state index >= 15 is 0 Å². The molecule has 1 saturated heterocycles. The molecule has 4 rings (SSSR count). The highest BCUT2D eigenvalue weighted by Gasteiger charge is 2.31. The summed E-state index contributed by atoms with van der Waals surface area (Å²) in [6, 6.07) is 20.8. The molecule has 0 bridgehead atoms. The lowest BCUT2D eigenvalue weighted by Crippen LogP contribution is -2.50. The third-order valence-corrected chi connectivity index (χ3v) is 5.87. The molecule has 170 valence electrons. The minimum atomic E-state index is -0.575. The molecular weight excluding hydrogens is 420 g/mol. The number of hydrogen-bond donors (Lipinski definition) is 2. The summed E-state index contributed by atoms with van der Waals surface area (Å²) in [6.07, 6.45) is 0. The topological polar surface area (TPSA) is 99.0 Å². The molecule has 1 heterocycles. The van der Waals surface area contributed by atoms with Gasteiger partial charge in [-0.25, -0.2) is 0 Å². The molecular formula is C25H26N4O4. The molecule has 0 saturated carbocycles. The third kappa shape index (κ3) is 5.12. The van der Waals surface area contributed by atoms with Gasteiger partial charge < -0.3 is 15.3 Å². The maximum absolute atomic E-state index is 13.4. The Morgan fingerprint density at radius 3 is 2.30 bits per heavy atom. The highest BCUT2D eigenvalue weighted by Crippen LogP contribution is 2.30. The maximum atomic E-state index is 13.4. The largest absolute Gasteiger partial charge is 0.508 e. The van der Waals surface area contributed by atoms with E-state index in [1.165, 1.54) is 6.07 Å². The van der Waals surface area contributed by atoms with Crippen molar-refractivity contribution >= 4 is 23.0 Å². The first-order valence-electron chi connectivity index (χ1n) is 10.8. The van der Waals surface area contributed by atoms with Crippen molar-refractivity contribution < 1.29 is 14.8 Å². The Labute approximate surface area is 192 Å². The number of amides is 1. The Kier molecular flexibility index (Phi) is 6.55. The van der Waals surface area contributed by atoms with E-state index in [0.29, 0.717) is 26.2 Å². The summed E-state index contributed by atoms with van der Waals surface area (Å²) in [5.74, 6) is -0.0744. The van der Waals surface area contributed by atoms with Crippen LogP contribution in [-0.2, 0) is 4.79 Å². The molecule has 33 heavy (non-hydrogen) atoms. The van der Waals surface area contributed by atoms with E-state index < -0.39 is 11.0 Å². The lowest BCUT2D eigenvalue weighted by atomic mass is 10.0. The number of nitrogens with one attached hydrogen (secondary N) is 1. The lowest BCUT2D eigenvalue weighted by Gasteiger charge is -2.39. The monoisotopic (exact) mass is 446 g/mol. The molecule has 1 amide bonds. The van der Waals surface area contributed by atoms with Crippen molar-refractivity contribution in [2.24, 2.45) is 0 Å². The van der Waals surface area contributed by atoms with Crippen LogP contribution in [0.5, 0.6) is 5.75 Å². The summed E-state index contributed by atoms with van der Waals surface area (Å²) >= 11 is 0. The molecule has 1 unspecified atom stereocenters. The number of benzene rings is 3. The van der Waals surface area contributed by atoms with E-state index in [1.54, 1.807) is 31.2 Å². The molecule has 1 atom stereocenters. The van der Waals surface area contributed by atoms with Gasteiger partial charge in [-0.05, 0) is 48.4 Å². The fourth-order valence-corrected chi connectivity index (χ4v) is 4.16. The van der Waals surface area contributed by atoms with E-state index in [1.807, 2.05) is 42.5 Å². The summed E-state index contributed by atoms with van der Waals surface area (Å²) in [4.78, 5) is 28.8. The van der Waals surface area contributed by atoms with Crippen LogP contribution < -0.4 is 10.2 Å². The van der Waals surface area contributed by atoms with Gasteiger partial charge in [0.15, 0.2) is 0 Å². The van der Waals surface area contributed by atoms with Crippen LogP contribution in [0.15, 0.2) is 72.8 Å². The number of phenolic OH excluding ortho intramolecular Hbond substituents is 1. The smallest absolute Gasteiger partial charge is 0.293 e. The quantitative estimate of drug-likeness (QED) is 0.437. The Hall–Kier alpha value is -3.91. The van der Waals surface area contributed by atoms with E-state index in [4.69, 9.17) is 0 Å². The van der Waals surface area contributed by atoms with Crippen molar-refractivity contribution in [1.82, 2.24) is 4.90 Å². The van der Waals surface area contributed by atoms with Crippen LogP contribution in [0, 0.1) is 17.0 Å². The third-order valence-electron chi connectivity index (χ3n) is 5.87. The molecule has 0 radical (unpaired) electrons. The number of phenols is 1. The van der Waals surface area contributed by atoms with Crippen LogP contribution in [-0.4, -0.2) is 47.0 Å². The van der Waals surface area contributed by atoms with E-state index in [2.05, 4.69) is 15.1 Å². The van der Waals surface area contributed by atoms with Gasteiger partial charge in [-0.3, -0.25) is 19.8 Å². The number of nitrogens with zero attached hydrogens (tertiary/aromatic N) is 3. The van der Waals surface area contributed by atoms with Crippen molar-refractivity contribution in [2.45, 2.75) is 13.0 Å². The first-order chi connectivity index (χ1) is 15.9. The van der Waals surface area contributed by atoms with Crippen LogP contribution in [0.3, 0.4) is 0 Å². The van der Waals surface area contributed by atoms with Crippen molar-refractivity contribution in [1.29, 1.82) is 0 Å². The Morgan fingerprint density at radius 2 is 1.67 bits per heavy atom. The first kappa shape index (κ1) is 22.3. The normalized spacial score (nSPS) is 15.1. The van der Waals surface area contributed by atoms with Gasteiger partial charge in [-0.15, -0.1) is 0 Å². The molecule has 1 aliphatic heterocycles. The second kappa shape index (κ2) is 9.70. The second-order valence-corrected chi connectivity index (χ2v) is 8.12. The number of nitro benzene ring substituents is 1. The molecule has 3 aromatic rings. The van der Waals surface area contributed by atoms with Crippen LogP contribution in [0.4, 0.5) is 17.1 Å². The van der Waals surface area contributed by atoms with Crippen molar-refractivity contribution in [3.8, 4) is 5.75 Å². The summed E-state index contributed by atoms with van der Waals surface area (Å²) in [7, 11) is 0. The maximum Gasteiger partial charge on any atom is 0.293 e. The fraction of sp³-hybridized carbons (Fsp3) is 0.240. The molecule has 8 nitrogen and oxygen atoms in total. The summed E-state index contributed by atoms with van der Waals surface area (Å²) in [6.45, 7) is 4.49. The van der Waals surface area contributed by atoms with Crippen molar-refractivity contribution in [3.05, 3.63) is 94.0 Å². The zero-order valence-corrected chi connectivity index (χ0v) is 18.3. The van der Waals surface area contributed by atoms with Crippen molar-refractivity contribution in [3.63, 3.8) is 0 Å². The number of rotatable bonds is 6. The molecule has 2 N–H and O–H groups in total. The number of hydrogen-bond acceptors (Lipinski definition) is 6. The molecule has 3 aromatic carbocycles. The number of anilines is 2. The van der Waals surface area contributed by atoms with Gasteiger partial charge in [-0.2, -0.15) is 0 Å². The SMILES string of the molecule is Cc1ccc(NC(=O)C(c2ccccc2)N2CCN(c3ccc(O)cc3)CC2)c([N+](=O)[O-])c1. The summed E-state index contributed by atoms with van der Waals surface area (Å²) < 4.78 is 0. The number of carbonyl (C=O) groups excluding carboxylic acids is 1. The summed E-state index contributed by atoms with van der Waals surface area (Å²) in [5.41, 5.74) is 2.68. The molecule has 0 aromatic heterocycles. The number of nitro groups is 1. The van der Waals surface area contributed by atoms with Gasteiger partial charge >= 0.3 is 0 Å². The zero-order valence-electron chi connectivity index (χ0n) is 18.3. The molecule has 1 fully saturated rings. The number of piperazine rings is 1. The zero-order chi connectivity index (χ0) is 23.4. The second-order valence-electron chi connectivity index (χ2n) is 8.12. The molecule has 1 aliphatic rings. The van der Waals surface area contributed by atoms with Crippen LogP contribution >= 0.6 is 0 Å². The predicted molar refractivity (Wildman–Crippen MR) is 128 cm³/mol. The van der Waals surface area contributed by atoms with Crippen molar-refractivity contribution in [2.75, 3.05) is 36.4 Å². The van der Waals surface area contributed by atoms with Gasteiger partial charge in [0.1, 0.15) is 17.5 Å². The van der Waals surface area contributed by atoms with Gasteiger partial charge in [-0.1, -0.05) is 36.4 Å². The Bertz CT molecular complexity index is 1130. The van der Waals surface area contributed by atoms with Crippen LogP contribution in [0.1, 0.15) is 17.2 Å². The minimum absolute atomic E-state index is 0.118. The number of aromatic hydroxyl groups is 1. The lowest BCUT2D eigenvalue weighted by molar-refractivity contribution is -0.384. The van der Waals surface area contributed by atoms with E-state index in [0.717, 1.165) is 16.8 Å². The molecule has 0 aliphatic carbocycles. The van der Waals surface area contributed by atoms with Gasteiger partial charge in [0.25, 0.3) is 5.69 Å². The Balaban J connectivity index is 1.55. The minimum Gasteiger partial charge on any atom is -0.508 e. The average Bonchev–Trinajstić information content (AvgIpc) is 2.82. The van der Waals surface area contributed by atoms with E-state index in [9.17, 15) is 20.0 Å². The highest BCUT2D eigenvalue weighted by atomic mass is 16.6. The fourth-order valence-electron chi connectivity index (χ4n) is 4.16. The molecule has 0 spiro atoms. The van der Waals surface area contributed by atoms with Gasteiger partial charge in [0.2, 0.25) is 5.91 Å². The molecule has 8 heteroatoms. The van der Waals surface area contributed by atoms with Crippen LogP contribution in [0.25, 0.3) is 0 Å². The highest BCUT2D eigenvalue weighted by molar-refractivity contribution is 5.97. The Morgan fingerprint density at radius 1 is 1.00 bits per heavy atom. The first-order valence-corrected chi connectivity index (χ1v) is 10.8. The number of aryl methyl sites for hydroxylation is 1. The average molecular weight is 447 g/mol. The van der Waals surface area contributed by atoms with E-state index in [-0.39, 0.29) is 23.0 Å².